The molecule has 38 heavy (non-hydrogen) atoms. The fourth-order valence-corrected chi connectivity index (χ4v) is 4.56. The minimum Gasteiger partial charge on any atom is -0.493 e. The van der Waals surface area contributed by atoms with Gasteiger partial charge in [-0.05, 0) is 74.7 Å². The lowest BCUT2D eigenvalue weighted by atomic mass is 9.69. The number of hydrogen-bond acceptors (Lipinski definition) is 8. The number of benzene rings is 2. The van der Waals surface area contributed by atoms with Gasteiger partial charge in [-0.3, -0.25) is 4.90 Å². The van der Waals surface area contributed by atoms with Gasteiger partial charge in [-0.25, -0.2) is 4.79 Å². The van der Waals surface area contributed by atoms with Gasteiger partial charge in [-0.15, -0.1) is 0 Å². The van der Waals surface area contributed by atoms with Crippen molar-refractivity contribution in [1.82, 2.24) is 4.90 Å². The molecule has 2 aromatic rings. The van der Waals surface area contributed by atoms with Crippen LogP contribution in [0.5, 0.6) is 23.0 Å². The lowest BCUT2D eigenvalue weighted by molar-refractivity contribution is -0.166. The quantitative estimate of drug-likeness (QED) is 0.318. The summed E-state index contributed by atoms with van der Waals surface area (Å²) < 4.78 is 26.7. The van der Waals surface area contributed by atoms with Gasteiger partial charge in [0.25, 0.3) is 6.29 Å². The Morgan fingerprint density at radius 3 is 2.03 bits per heavy atom. The second kappa shape index (κ2) is 13.9. The number of aliphatic carboxylic acids is 1. The Hall–Kier alpha value is -3.48. The second-order valence-electron chi connectivity index (χ2n) is 9.50. The van der Waals surface area contributed by atoms with Crippen molar-refractivity contribution < 1.29 is 33.6 Å². The number of hydrogen-bond donors (Lipinski definition) is 1. The maximum Gasteiger partial charge on any atom is 0.373 e. The Morgan fingerprint density at radius 2 is 1.61 bits per heavy atom. The minimum absolute atomic E-state index is 0.0484. The first-order chi connectivity index (χ1) is 18.1. The van der Waals surface area contributed by atoms with Crippen molar-refractivity contribution in [1.29, 1.82) is 5.26 Å². The topological polar surface area (TPSA) is 110 Å². The Bertz CT molecular complexity index is 1070. The Morgan fingerprint density at radius 1 is 1.03 bits per heavy atom. The molecule has 0 aliphatic carbocycles. The molecule has 0 amide bonds. The van der Waals surface area contributed by atoms with E-state index in [2.05, 4.69) is 31.7 Å². The fraction of sp³-hybridized carbons (Fsp3) is 0.517. The lowest BCUT2D eigenvalue weighted by Gasteiger charge is -2.33. The summed E-state index contributed by atoms with van der Waals surface area (Å²) in [5, 5.41) is 19.5. The van der Waals surface area contributed by atoms with Crippen LogP contribution in [0.15, 0.2) is 36.4 Å². The molecule has 0 heterocycles. The predicted octanol–water partition coefficient (Wildman–Crippen LogP) is 5.04. The van der Waals surface area contributed by atoms with Gasteiger partial charge < -0.3 is 28.8 Å². The van der Waals surface area contributed by atoms with Crippen LogP contribution in [-0.2, 0) is 14.9 Å². The summed E-state index contributed by atoms with van der Waals surface area (Å²) in [5.41, 5.74) is 1.16. The van der Waals surface area contributed by atoms with Gasteiger partial charge in [0.15, 0.2) is 11.5 Å². The summed E-state index contributed by atoms with van der Waals surface area (Å²) in [6, 6.07) is 13.7. The van der Waals surface area contributed by atoms with E-state index in [4.69, 9.17) is 28.8 Å². The van der Waals surface area contributed by atoms with Crippen molar-refractivity contribution >= 4 is 5.97 Å². The van der Waals surface area contributed by atoms with Crippen LogP contribution < -0.4 is 18.9 Å². The third kappa shape index (κ3) is 6.88. The van der Waals surface area contributed by atoms with Crippen molar-refractivity contribution in [2.45, 2.75) is 51.4 Å². The van der Waals surface area contributed by atoms with Crippen molar-refractivity contribution in [3.8, 4) is 29.1 Å². The molecule has 2 aromatic carbocycles. The van der Waals surface area contributed by atoms with Gasteiger partial charge in [0, 0.05) is 13.2 Å². The zero-order chi connectivity index (χ0) is 28.5. The number of carbonyl (C=O) groups is 1. The van der Waals surface area contributed by atoms with Crippen LogP contribution in [0.25, 0.3) is 0 Å². The van der Waals surface area contributed by atoms with Crippen LogP contribution in [0, 0.1) is 17.2 Å². The zero-order valence-electron chi connectivity index (χ0n) is 23.6. The average molecular weight is 529 g/mol. The SMILES string of the molecule is COc1cc(C(C#N)(CCCN(C)C(C)c2ccc(OC(OC)C(=O)O)cc2)C(C)C)cc(OC)c1OC. The number of ether oxygens (including phenoxy) is 5. The first kappa shape index (κ1) is 30.7. The number of carboxylic acid groups (broad SMARTS) is 1. The van der Waals surface area contributed by atoms with Crippen molar-refractivity contribution in [3.63, 3.8) is 0 Å². The van der Waals surface area contributed by atoms with E-state index in [1.54, 1.807) is 33.5 Å². The molecule has 3 atom stereocenters. The molecule has 0 bridgehead atoms. The lowest BCUT2D eigenvalue weighted by Crippen LogP contribution is -2.33. The number of carboxylic acids is 1. The smallest absolute Gasteiger partial charge is 0.373 e. The number of methoxy groups -OCH3 is 4. The number of rotatable bonds is 15. The van der Waals surface area contributed by atoms with Gasteiger partial charge in [-0.1, -0.05) is 26.0 Å². The highest BCUT2D eigenvalue weighted by molar-refractivity contribution is 5.71. The molecule has 208 valence electrons. The fourth-order valence-electron chi connectivity index (χ4n) is 4.56. The molecule has 0 aliphatic heterocycles. The molecule has 0 aliphatic rings. The van der Waals surface area contributed by atoms with Gasteiger partial charge in [0.2, 0.25) is 5.75 Å². The maximum atomic E-state index is 11.1. The number of nitrogens with zero attached hydrogens (tertiary/aromatic N) is 2. The van der Waals surface area contributed by atoms with Crippen LogP contribution >= 0.6 is 0 Å². The van der Waals surface area contributed by atoms with E-state index in [-0.39, 0.29) is 12.0 Å². The van der Waals surface area contributed by atoms with Crippen LogP contribution in [0.3, 0.4) is 0 Å². The summed E-state index contributed by atoms with van der Waals surface area (Å²) in [5.74, 6) is 0.832. The van der Waals surface area contributed by atoms with E-state index >= 15 is 0 Å². The molecule has 9 heteroatoms. The number of nitriles is 1. The summed E-state index contributed by atoms with van der Waals surface area (Å²) in [6.45, 7) is 6.98. The standard InChI is InChI=1S/C29H40N2O7/c1-19(2)29(18-30,22-16-24(34-5)26(36-7)25(17-22)35-6)14-9-15-31(4)20(3)21-10-12-23(13-11-21)38-28(37-8)27(32)33/h10-13,16-17,19-20,28H,9,14-15H2,1-8H3,(H,32,33). The molecule has 2 rings (SSSR count). The first-order valence-corrected chi connectivity index (χ1v) is 12.5. The second-order valence-corrected chi connectivity index (χ2v) is 9.50. The average Bonchev–Trinajstić information content (AvgIpc) is 2.92. The third-order valence-electron chi connectivity index (χ3n) is 7.13. The third-order valence-corrected chi connectivity index (χ3v) is 7.13. The van der Waals surface area contributed by atoms with E-state index in [1.165, 1.54) is 7.11 Å². The minimum atomic E-state index is -1.35. The van der Waals surface area contributed by atoms with Crippen LogP contribution in [0.4, 0.5) is 0 Å². The Labute approximate surface area is 225 Å². The molecule has 0 fully saturated rings. The largest absolute Gasteiger partial charge is 0.493 e. The molecule has 0 saturated heterocycles. The van der Waals surface area contributed by atoms with Crippen molar-refractivity contribution in [2.24, 2.45) is 5.92 Å². The summed E-state index contributed by atoms with van der Waals surface area (Å²) in [4.78, 5) is 13.3. The summed E-state index contributed by atoms with van der Waals surface area (Å²) in [7, 11) is 8.03. The Kier molecular flexibility index (Phi) is 11.2. The molecule has 0 aromatic heterocycles. The molecule has 9 nitrogen and oxygen atoms in total. The zero-order valence-corrected chi connectivity index (χ0v) is 23.6. The predicted molar refractivity (Wildman–Crippen MR) is 144 cm³/mol. The van der Waals surface area contributed by atoms with Gasteiger partial charge in [0.05, 0.1) is 32.8 Å². The van der Waals surface area contributed by atoms with E-state index in [9.17, 15) is 10.1 Å². The highest BCUT2D eigenvalue weighted by Gasteiger charge is 2.37. The van der Waals surface area contributed by atoms with Gasteiger partial charge >= 0.3 is 5.97 Å². The summed E-state index contributed by atoms with van der Waals surface area (Å²) >= 11 is 0. The van der Waals surface area contributed by atoms with Gasteiger partial charge in [-0.2, -0.15) is 5.26 Å². The molecule has 3 unspecified atom stereocenters. The van der Waals surface area contributed by atoms with Crippen molar-refractivity contribution in [2.75, 3.05) is 42.0 Å². The first-order valence-electron chi connectivity index (χ1n) is 12.5. The Balaban J connectivity index is 2.16. The van der Waals surface area contributed by atoms with Gasteiger partial charge in [0.1, 0.15) is 5.75 Å². The van der Waals surface area contributed by atoms with Crippen LogP contribution in [0.1, 0.15) is 50.8 Å². The monoisotopic (exact) mass is 528 g/mol. The molecule has 0 saturated carbocycles. The summed E-state index contributed by atoms with van der Waals surface area (Å²) in [6.07, 6.45) is 0.0865. The van der Waals surface area contributed by atoms with E-state index < -0.39 is 17.7 Å². The normalized spacial score (nSPS) is 14.3. The van der Waals surface area contributed by atoms with Crippen molar-refractivity contribution in [3.05, 3.63) is 47.5 Å². The van der Waals surface area contributed by atoms with Crippen LogP contribution in [0.2, 0.25) is 0 Å². The highest BCUT2D eigenvalue weighted by atomic mass is 16.7. The molecular weight excluding hydrogens is 488 g/mol. The van der Waals surface area contributed by atoms with E-state index in [0.29, 0.717) is 29.4 Å². The molecular formula is C29H40N2O7. The molecule has 0 spiro atoms. The maximum absolute atomic E-state index is 11.1. The molecule has 0 radical (unpaired) electrons. The highest BCUT2D eigenvalue weighted by Crippen LogP contribution is 2.45. The molecule has 1 N–H and O–H groups in total. The van der Waals surface area contributed by atoms with E-state index in [1.807, 2.05) is 31.3 Å². The van der Waals surface area contributed by atoms with Crippen LogP contribution in [-0.4, -0.2) is 64.3 Å². The van der Waals surface area contributed by atoms with E-state index in [0.717, 1.165) is 24.1 Å².